The first-order valence-corrected chi connectivity index (χ1v) is 26.1. The molecule has 74 heavy (non-hydrogen) atoms. The van der Waals surface area contributed by atoms with Gasteiger partial charge in [-0.05, 0) is 146 Å². The van der Waals surface area contributed by atoms with E-state index in [9.17, 15) is 0 Å². The van der Waals surface area contributed by atoms with Gasteiger partial charge in [-0.15, -0.1) is 0 Å². The molecule has 0 saturated heterocycles. The molecule has 0 fully saturated rings. The Morgan fingerprint density at radius 3 is 1.51 bits per heavy atom. The molecular formula is C70H51NO3. The van der Waals surface area contributed by atoms with Crippen LogP contribution < -0.4 is 4.90 Å². The zero-order valence-electron chi connectivity index (χ0n) is 42.5. The zero-order chi connectivity index (χ0) is 49.7. The van der Waals surface area contributed by atoms with Gasteiger partial charge in [-0.25, -0.2) is 0 Å². The monoisotopic (exact) mass is 953 g/mol. The number of benzene rings is 10. The number of aryl methyl sites for hydroxylation is 1. The van der Waals surface area contributed by atoms with Crippen molar-refractivity contribution in [1.82, 2.24) is 0 Å². The molecular weight excluding hydrogens is 903 g/mol. The van der Waals surface area contributed by atoms with Crippen LogP contribution in [0.5, 0.6) is 0 Å². The molecule has 0 aliphatic heterocycles. The molecule has 354 valence electrons. The van der Waals surface area contributed by atoms with Gasteiger partial charge in [0.25, 0.3) is 0 Å². The van der Waals surface area contributed by atoms with Crippen LogP contribution in [0.2, 0.25) is 0 Å². The summed E-state index contributed by atoms with van der Waals surface area (Å²) in [7, 11) is 0. The van der Waals surface area contributed by atoms with Crippen LogP contribution in [0.25, 0.3) is 110 Å². The second kappa shape index (κ2) is 14.1. The van der Waals surface area contributed by atoms with Crippen LogP contribution in [0.1, 0.15) is 80.5 Å². The first kappa shape index (κ1) is 42.0. The minimum absolute atomic E-state index is 0.246. The van der Waals surface area contributed by atoms with Gasteiger partial charge in [-0.1, -0.05) is 157 Å². The quantitative estimate of drug-likeness (QED) is 0.176. The molecule has 0 N–H and O–H groups in total. The van der Waals surface area contributed by atoms with E-state index >= 15 is 0 Å². The van der Waals surface area contributed by atoms with E-state index in [1.54, 1.807) is 0 Å². The summed E-state index contributed by atoms with van der Waals surface area (Å²) in [5.74, 6) is 0. The number of hydrogen-bond acceptors (Lipinski definition) is 4. The summed E-state index contributed by atoms with van der Waals surface area (Å²) in [6, 6.07) is 66.8. The Bertz CT molecular complexity index is 4660. The van der Waals surface area contributed by atoms with Gasteiger partial charge in [-0.3, -0.25) is 0 Å². The Kier molecular flexibility index (Phi) is 8.01. The van der Waals surface area contributed by atoms with Crippen molar-refractivity contribution in [2.24, 2.45) is 0 Å². The number of nitrogens with zero attached hydrogens (tertiary/aromatic N) is 1. The normalized spacial score (nSPS) is 15.3. The van der Waals surface area contributed by atoms with Gasteiger partial charge in [0.05, 0.1) is 0 Å². The molecule has 0 bridgehead atoms. The van der Waals surface area contributed by atoms with E-state index in [1.807, 2.05) is 6.07 Å². The molecule has 4 heteroatoms. The third-order valence-corrected chi connectivity index (χ3v) is 17.7. The van der Waals surface area contributed by atoms with E-state index in [0.717, 1.165) is 77.7 Å². The SMILES string of the molecule is Cc1ccccc1-c1cc2c(c3c1oc1ccccc13)-c1ccc(N(c3ccc4c(c3)C(C)(C)c3c5c(c6oc7ccccc7c6c3-4)-c3ccccc3C5(C)C)c3ccc4oc5ccccc5c4c3)cc1C2(C)C. The van der Waals surface area contributed by atoms with Crippen LogP contribution >= 0.6 is 0 Å². The van der Waals surface area contributed by atoms with Gasteiger partial charge in [-0.2, -0.15) is 0 Å². The molecule has 3 heterocycles. The third-order valence-electron chi connectivity index (χ3n) is 17.7. The predicted octanol–water partition coefficient (Wildman–Crippen LogP) is 19.7. The Hall–Kier alpha value is -8.60. The number of fused-ring (bicyclic) bond motifs is 22. The molecule has 4 nitrogen and oxygen atoms in total. The van der Waals surface area contributed by atoms with Crippen LogP contribution in [-0.4, -0.2) is 0 Å². The smallest absolute Gasteiger partial charge is 0.144 e. The highest BCUT2D eigenvalue weighted by atomic mass is 16.3. The van der Waals surface area contributed by atoms with Gasteiger partial charge in [0.1, 0.15) is 33.5 Å². The van der Waals surface area contributed by atoms with Gasteiger partial charge in [0.15, 0.2) is 0 Å². The zero-order valence-corrected chi connectivity index (χ0v) is 42.5. The molecule has 0 atom stereocenters. The fourth-order valence-corrected chi connectivity index (χ4v) is 14.3. The second-order valence-electron chi connectivity index (χ2n) is 22.8. The van der Waals surface area contributed by atoms with Crippen molar-refractivity contribution >= 4 is 82.9 Å². The van der Waals surface area contributed by atoms with E-state index in [0.29, 0.717) is 0 Å². The van der Waals surface area contributed by atoms with Crippen LogP contribution in [0.15, 0.2) is 195 Å². The van der Waals surface area contributed by atoms with E-state index in [-0.39, 0.29) is 16.2 Å². The van der Waals surface area contributed by atoms with Crippen molar-refractivity contribution in [3.05, 3.63) is 221 Å². The Labute approximate surface area is 429 Å². The highest BCUT2D eigenvalue weighted by Gasteiger charge is 2.49. The molecule has 0 radical (unpaired) electrons. The number of hydrogen-bond donors (Lipinski definition) is 0. The standard InChI is InChI=1S/C70H51NO3/c1-38-18-8-9-19-42(38)50-37-54-59(61-47-22-12-16-26-56(47)73-66(50)61)45-31-28-40(35-52(45)68(54,2)3)71(39-30-33-58-49(34-39)43-20-11-15-25-55(43)72-58)41-29-32-46-53(36-41)70(6,7)64-60(46)62-48-23-13-17-27-57(48)74-67(62)63-44-21-10-14-24-51(44)69(4,5)65(63)64/h8-37H,1-7H3. The maximum Gasteiger partial charge on any atom is 0.144 e. The second-order valence-corrected chi connectivity index (χ2v) is 22.8. The van der Waals surface area contributed by atoms with Crippen molar-refractivity contribution in [3.63, 3.8) is 0 Å². The lowest BCUT2D eigenvalue weighted by atomic mass is 9.72. The molecule has 16 rings (SSSR count). The topological polar surface area (TPSA) is 42.7 Å². The van der Waals surface area contributed by atoms with Crippen molar-refractivity contribution in [3.8, 4) is 44.5 Å². The summed E-state index contributed by atoms with van der Waals surface area (Å²) in [5, 5.41) is 6.89. The van der Waals surface area contributed by atoms with Crippen molar-refractivity contribution in [2.45, 2.75) is 64.7 Å². The van der Waals surface area contributed by atoms with Crippen molar-refractivity contribution in [1.29, 1.82) is 0 Å². The number of para-hydroxylation sites is 3. The lowest BCUT2D eigenvalue weighted by Crippen LogP contribution is -2.24. The summed E-state index contributed by atoms with van der Waals surface area (Å²) in [5.41, 5.74) is 27.0. The summed E-state index contributed by atoms with van der Waals surface area (Å²) >= 11 is 0. The van der Waals surface area contributed by atoms with Crippen LogP contribution in [-0.2, 0) is 16.2 Å². The lowest BCUT2D eigenvalue weighted by molar-refractivity contribution is 0.600. The van der Waals surface area contributed by atoms with Crippen LogP contribution in [0.3, 0.4) is 0 Å². The molecule has 13 aromatic rings. The largest absolute Gasteiger partial charge is 0.456 e. The molecule has 3 aliphatic rings. The van der Waals surface area contributed by atoms with Gasteiger partial charge < -0.3 is 18.2 Å². The molecule has 0 spiro atoms. The Morgan fingerprint density at radius 2 is 0.811 bits per heavy atom. The summed E-state index contributed by atoms with van der Waals surface area (Å²) < 4.78 is 20.4. The molecule has 0 amide bonds. The number of rotatable bonds is 4. The molecule has 0 unspecified atom stereocenters. The molecule has 3 aromatic heterocycles. The fourth-order valence-electron chi connectivity index (χ4n) is 14.3. The van der Waals surface area contributed by atoms with Crippen molar-refractivity contribution < 1.29 is 13.3 Å². The Morgan fingerprint density at radius 1 is 0.324 bits per heavy atom. The summed E-state index contributed by atoms with van der Waals surface area (Å²) in [6.07, 6.45) is 0. The molecule has 10 aromatic carbocycles. The average molecular weight is 954 g/mol. The maximum absolute atomic E-state index is 7.02. The third kappa shape index (κ3) is 5.22. The summed E-state index contributed by atoms with van der Waals surface area (Å²) in [4.78, 5) is 2.48. The van der Waals surface area contributed by atoms with E-state index < -0.39 is 0 Å². The minimum atomic E-state index is -0.359. The van der Waals surface area contributed by atoms with Gasteiger partial charge in [0, 0.05) is 76.8 Å². The average Bonchev–Trinajstić information content (AvgIpc) is 4.26. The number of furan rings is 3. The van der Waals surface area contributed by atoms with Crippen LogP contribution in [0, 0.1) is 6.92 Å². The van der Waals surface area contributed by atoms with E-state index in [2.05, 4.69) is 229 Å². The van der Waals surface area contributed by atoms with E-state index in [1.165, 1.54) is 88.7 Å². The van der Waals surface area contributed by atoms with Crippen molar-refractivity contribution in [2.75, 3.05) is 4.90 Å². The Balaban J connectivity index is 0.940. The minimum Gasteiger partial charge on any atom is -0.456 e. The van der Waals surface area contributed by atoms with Crippen LogP contribution in [0.4, 0.5) is 17.1 Å². The first-order valence-electron chi connectivity index (χ1n) is 26.1. The predicted molar refractivity (Wildman–Crippen MR) is 306 cm³/mol. The highest BCUT2D eigenvalue weighted by molar-refractivity contribution is 6.22. The first-order chi connectivity index (χ1) is 35.9. The molecule has 0 saturated carbocycles. The maximum atomic E-state index is 7.02. The van der Waals surface area contributed by atoms with Gasteiger partial charge in [0.2, 0.25) is 0 Å². The summed E-state index contributed by atoms with van der Waals surface area (Å²) in [6.45, 7) is 16.7. The fraction of sp³-hybridized carbons (Fsp3) is 0.143. The van der Waals surface area contributed by atoms with Gasteiger partial charge >= 0.3 is 0 Å². The van der Waals surface area contributed by atoms with E-state index in [4.69, 9.17) is 13.3 Å². The highest BCUT2D eigenvalue weighted by Crippen LogP contribution is 2.64. The number of anilines is 3. The molecule has 3 aliphatic carbocycles. The lowest BCUT2D eigenvalue weighted by Gasteiger charge is -2.32.